The predicted molar refractivity (Wildman–Crippen MR) is 289 cm³/mol. The van der Waals surface area contributed by atoms with Gasteiger partial charge >= 0.3 is 0 Å². The lowest BCUT2D eigenvalue weighted by Crippen LogP contribution is -2.11. The highest BCUT2D eigenvalue weighted by Crippen LogP contribution is 2.48. The van der Waals surface area contributed by atoms with E-state index in [4.69, 9.17) is 18.8 Å². The summed E-state index contributed by atoms with van der Waals surface area (Å²) in [5.74, 6) is 0. The zero-order valence-electron chi connectivity index (χ0n) is 36.8. The Morgan fingerprint density at radius 2 is 0.681 bits per heavy atom. The van der Waals surface area contributed by atoms with Crippen molar-refractivity contribution in [2.75, 3.05) is 9.80 Å². The van der Waals surface area contributed by atoms with Crippen LogP contribution < -0.4 is 9.80 Å². The van der Waals surface area contributed by atoms with E-state index < -0.39 is 0 Å². The smallest absolute Gasteiger partial charge is 0.137 e. The standard InChI is InChI=1S/C62H36N4O2S/c1-3-15-43-37(13-1)29-53(47-19-7-5-17-45(43)47)65(39-25-27-51-49-21-9-11-23-55(49)67-57(51)31-39)41-33-59-61(63-35-41)62-60(69-59)34-42(36-64-62)66(40-26-28-52-50-22-10-12-24-56(50)68-58(52)32-40)54-30-38-14-2-4-16-44(38)46-18-6-8-20-48(46)54/h1-36H. The predicted octanol–water partition coefficient (Wildman–Crippen LogP) is 18.2. The van der Waals surface area contributed by atoms with Crippen molar-refractivity contribution < 1.29 is 8.83 Å². The van der Waals surface area contributed by atoms with E-state index in [0.717, 1.165) is 120 Å². The number of nitrogens with zero attached hydrogens (tertiary/aromatic N) is 4. The number of furan rings is 2. The zero-order chi connectivity index (χ0) is 45.2. The lowest BCUT2D eigenvalue weighted by molar-refractivity contribution is 0.668. The number of hydrogen-bond donors (Lipinski definition) is 0. The molecule has 0 spiro atoms. The lowest BCUT2D eigenvalue weighted by atomic mass is 9.99. The van der Waals surface area contributed by atoms with Crippen LogP contribution in [0.25, 0.3) is 107 Å². The van der Waals surface area contributed by atoms with Crippen molar-refractivity contribution in [2.45, 2.75) is 0 Å². The molecule has 322 valence electrons. The minimum atomic E-state index is 0.833. The van der Waals surface area contributed by atoms with E-state index in [1.165, 1.54) is 21.5 Å². The molecule has 69 heavy (non-hydrogen) atoms. The van der Waals surface area contributed by atoms with Gasteiger partial charge in [0.2, 0.25) is 0 Å². The van der Waals surface area contributed by atoms with Gasteiger partial charge in [-0.05, 0) is 93.0 Å². The van der Waals surface area contributed by atoms with Gasteiger partial charge < -0.3 is 18.6 Å². The second-order valence-corrected chi connectivity index (χ2v) is 18.8. The first-order chi connectivity index (χ1) is 34.2. The summed E-state index contributed by atoms with van der Waals surface area (Å²) in [6.45, 7) is 0. The molecular weight excluding hydrogens is 865 g/mol. The fourth-order valence-electron chi connectivity index (χ4n) is 10.7. The van der Waals surface area contributed by atoms with Gasteiger partial charge in [0.05, 0.1) is 44.5 Å². The number of aromatic nitrogens is 2. The molecule has 0 amide bonds. The normalized spacial score (nSPS) is 12.1. The minimum absolute atomic E-state index is 0.833. The molecule has 15 rings (SSSR count). The number of rotatable bonds is 6. The number of para-hydroxylation sites is 2. The molecule has 5 heterocycles. The highest BCUT2D eigenvalue weighted by atomic mass is 32.1. The Kier molecular flexibility index (Phi) is 8.13. The summed E-state index contributed by atoms with van der Waals surface area (Å²) in [7, 11) is 0. The summed E-state index contributed by atoms with van der Waals surface area (Å²) >= 11 is 1.71. The largest absolute Gasteiger partial charge is 0.456 e. The van der Waals surface area contributed by atoms with Gasteiger partial charge in [-0.15, -0.1) is 11.3 Å². The fraction of sp³-hybridized carbons (Fsp3) is 0. The molecule has 7 heteroatoms. The summed E-state index contributed by atoms with van der Waals surface area (Å²) in [5, 5.41) is 13.8. The van der Waals surface area contributed by atoms with Gasteiger partial charge in [0.15, 0.2) is 0 Å². The summed E-state index contributed by atoms with van der Waals surface area (Å²) in [4.78, 5) is 15.2. The van der Waals surface area contributed by atoms with E-state index in [0.29, 0.717) is 0 Å². The number of pyridine rings is 2. The first kappa shape index (κ1) is 38.1. The van der Waals surface area contributed by atoms with Crippen molar-refractivity contribution in [3.05, 3.63) is 219 Å². The molecule has 0 aliphatic carbocycles. The number of thiophene rings is 1. The Labute approximate surface area is 398 Å². The summed E-state index contributed by atoms with van der Waals surface area (Å²) in [6.07, 6.45) is 3.99. The zero-order valence-corrected chi connectivity index (χ0v) is 37.6. The highest BCUT2D eigenvalue weighted by molar-refractivity contribution is 7.25. The first-order valence-corrected chi connectivity index (χ1v) is 23.9. The van der Waals surface area contributed by atoms with Crippen LogP contribution in [0.15, 0.2) is 227 Å². The quantitative estimate of drug-likeness (QED) is 0.155. The number of fused-ring (bicyclic) bond motifs is 15. The molecule has 0 aliphatic rings. The third-order valence-electron chi connectivity index (χ3n) is 13.9. The second kappa shape index (κ2) is 14.7. The van der Waals surface area contributed by atoms with E-state index in [2.05, 4.69) is 192 Å². The fourth-order valence-corrected chi connectivity index (χ4v) is 11.8. The molecule has 0 N–H and O–H groups in total. The number of hydrogen-bond acceptors (Lipinski definition) is 7. The molecule has 0 bridgehead atoms. The van der Waals surface area contributed by atoms with Crippen molar-refractivity contribution in [3.8, 4) is 0 Å². The molecule has 0 fully saturated rings. The maximum Gasteiger partial charge on any atom is 0.137 e. The molecule has 0 atom stereocenters. The third kappa shape index (κ3) is 5.84. The van der Waals surface area contributed by atoms with Crippen molar-refractivity contribution >= 4 is 153 Å². The molecule has 0 unspecified atom stereocenters. The lowest BCUT2D eigenvalue weighted by Gasteiger charge is -2.27. The van der Waals surface area contributed by atoms with Gasteiger partial charge in [-0.3, -0.25) is 9.97 Å². The van der Waals surface area contributed by atoms with Crippen molar-refractivity contribution in [3.63, 3.8) is 0 Å². The summed E-state index contributed by atoms with van der Waals surface area (Å²) in [5.41, 5.74) is 11.1. The van der Waals surface area contributed by atoms with Crippen LogP contribution in [0, 0.1) is 0 Å². The summed E-state index contributed by atoms with van der Waals surface area (Å²) < 4.78 is 15.1. The topological polar surface area (TPSA) is 58.5 Å². The Bertz CT molecular complexity index is 4310. The van der Waals surface area contributed by atoms with E-state index >= 15 is 0 Å². The molecule has 0 saturated carbocycles. The molecular formula is C62H36N4O2S. The molecule has 0 saturated heterocycles. The molecule has 0 aliphatic heterocycles. The van der Waals surface area contributed by atoms with Gasteiger partial charge in [0.1, 0.15) is 33.4 Å². The summed E-state index contributed by atoms with van der Waals surface area (Å²) in [6, 6.07) is 73.3. The highest BCUT2D eigenvalue weighted by Gasteiger charge is 2.24. The van der Waals surface area contributed by atoms with Crippen LogP contribution in [-0.2, 0) is 0 Å². The van der Waals surface area contributed by atoms with E-state index in [1.54, 1.807) is 11.3 Å². The van der Waals surface area contributed by atoms with E-state index in [9.17, 15) is 0 Å². The van der Waals surface area contributed by atoms with Crippen LogP contribution in [0.1, 0.15) is 0 Å². The molecule has 15 aromatic rings. The van der Waals surface area contributed by atoms with Gasteiger partial charge in [0, 0.05) is 55.8 Å². The molecule has 0 radical (unpaired) electrons. The number of anilines is 6. The number of benzene rings is 10. The molecule has 10 aromatic carbocycles. The van der Waals surface area contributed by atoms with Crippen molar-refractivity contribution in [2.24, 2.45) is 0 Å². The average molecular weight is 901 g/mol. The van der Waals surface area contributed by atoms with Crippen molar-refractivity contribution in [1.29, 1.82) is 0 Å². The average Bonchev–Trinajstić information content (AvgIpc) is 4.09. The maximum absolute atomic E-state index is 6.50. The van der Waals surface area contributed by atoms with E-state index in [1.807, 2.05) is 36.7 Å². The van der Waals surface area contributed by atoms with Crippen LogP contribution in [0.3, 0.4) is 0 Å². The van der Waals surface area contributed by atoms with Gasteiger partial charge in [-0.1, -0.05) is 133 Å². The van der Waals surface area contributed by atoms with Crippen molar-refractivity contribution in [1.82, 2.24) is 9.97 Å². The van der Waals surface area contributed by atoms with Gasteiger partial charge in [-0.25, -0.2) is 0 Å². The third-order valence-corrected chi connectivity index (χ3v) is 14.9. The monoisotopic (exact) mass is 900 g/mol. The van der Waals surface area contributed by atoms with Crippen LogP contribution in [0.2, 0.25) is 0 Å². The SMILES string of the molecule is c1ccc2c(c1)cc(N(c1ccc3c(c1)oc1ccccc13)c1cnc3c(c1)sc1cc(N(c4ccc5c(c4)oc4ccccc45)c4cc5ccccc5c5ccccc45)cnc13)c1ccccc12. The van der Waals surface area contributed by atoms with Gasteiger partial charge in [-0.2, -0.15) is 0 Å². The van der Waals surface area contributed by atoms with Crippen LogP contribution >= 0.6 is 11.3 Å². The Morgan fingerprint density at radius 1 is 0.304 bits per heavy atom. The van der Waals surface area contributed by atoms with Crippen LogP contribution in [0.5, 0.6) is 0 Å². The molecule has 5 aromatic heterocycles. The first-order valence-electron chi connectivity index (χ1n) is 23.1. The van der Waals surface area contributed by atoms with Crippen LogP contribution in [0.4, 0.5) is 34.1 Å². The maximum atomic E-state index is 6.50. The van der Waals surface area contributed by atoms with Crippen LogP contribution in [-0.4, -0.2) is 9.97 Å². The van der Waals surface area contributed by atoms with E-state index in [-0.39, 0.29) is 0 Å². The Balaban J connectivity index is 0.933. The Morgan fingerprint density at radius 3 is 1.14 bits per heavy atom. The Hall–Kier alpha value is -9.04. The minimum Gasteiger partial charge on any atom is -0.456 e. The van der Waals surface area contributed by atoms with Gasteiger partial charge in [0.25, 0.3) is 0 Å². The second-order valence-electron chi connectivity index (χ2n) is 17.7. The molecule has 6 nitrogen and oxygen atoms in total.